The van der Waals surface area contributed by atoms with Gasteiger partial charge in [-0.3, -0.25) is 4.79 Å². The highest BCUT2D eigenvalue weighted by Crippen LogP contribution is 2.64. The number of aromatic amines is 1. The molecule has 0 spiro atoms. The zero-order valence-electron chi connectivity index (χ0n) is 19.9. The van der Waals surface area contributed by atoms with Crippen LogP contribution in [0.2, 0.25) is 0 Å². The number of H-pyrrole nitrogens is 1. The summed E-state index contributed by atoms with van der Waals surface area (Å²) in [5.41, 5.74) is 1.96. The van der Waals surface area contributed by atoms with Gasteiger partial charge in [0.1, 0.15) is 11.5 Å². The highest BCUT2D eigenvalue weighted by atomic mass is 32.2. The van der Waals surface area contributed by atoms with Crippen molar-refractivity contribution in [1.82, 2.24) is 9.71 Å². The van der Waals surface area contributed by atoms with E-state index in [0.29, 0.717) is 12.8 Å². The van der Waals surface area contributed by atoms with Crippen LogP contribution in [0.4, 0.5) is 0 Å². The summed E-state index contributed by atoms with van der Waals surface area (Å²) in [5, 5.41) is 1.06. The highest BCUT2D eigenvalue weighted by molar-refractivity contribution is 7.89. The molecule has 2 bridgehead atoms. The molecular formula is C27H32N2O4S. The van der Waals surface area contributed by atoms with Crippen LogP contribution in [0.1, 0.15) is 50.2 Å². The minimum absolute atomic E-state index is 0.113. The quantitative estimate of drug-likeness (QED) is 0.492. The maximum absolute atomic E-state index is 13.4. The van der Waals surface area contributed by atoms with Gasteiger partial charge >= 0.3 is 0 Å². The maximum atomic E-state index is 13.4. The topological polar surface area (TPSA) is 88.3 Å². The molecule has 0 saturated heterocycles. The number of methoxy groups -OCH3 is 1. The fourth-order valence-electron chi connectivity index (χ4n) is 6.32. The Hall–Kier alpha value is -2.64. The van der Waals surface area contributed by atoms with Gasteiger partial charge < -0.3 is 9.72 Å². The van der Waals surface area contributed by atoms with Gasteiger partial charge in [0, 0.05) is 41.4 Å². The molecule has 2 aliphatic rings. The lowest BCUT2D eigenvalue weighted by atomic mass is 9.70. The molecule has 2 saturated carbocycles. The van der Waals surface area contributed by atoms with E-state index in [0.717, 1.165) is 34.2 Å². The fraction of sp³-hybridized carbons (Fsp3) is 0.444. The number of fused-ring (bicyclic) bond motifs is 3. The van der Waals surface area contributed by atoms with Crippen LogP contribution in [0.25, 0.3) is 10.9 Å². The normalized spacial score (nSPS) is 24.6. The lowest BCUT2D eigenvalue weighted by Gasteiger charge is -2.36. The molecule has 0 amide bonds. The molecule has 1 aromatic heterocycles. The van der Waals surface area contributed by atoms with Crippen LogP contribution < -0.4 is 9.46 Å². The molecule has 3 atom stereocenters. The first-order valence-electron chi connectivity index (χ1n) is 11.9. The van der Waals surface area contributed by atoms with Gasteiger partial charge in [0.15, 0.2) is 0 Å². The van der Waals surface area contributed by atoms with Gasteiger partial charge in [-0.1, -0.05) is 44.2 Å². The minimum Gasteiger partial charge on any atom is -0.497 e. The highest BCUT2D eigenvalue weighted by Gasteiger charge is 2.65. The van der Waals surface area contributed by atoms with Gasteiger partial charge in [-0.15, -0.1) is 0 Å². The Morgan fingerprint density at radius 2 is 1.88 bits per heavy atom. The number of carbonyl (C=O) groups is 1. The second-order valence-electron chi connectivity index (χ2n) is 10.4. The minimum atomic E-state index is -3.68. The number of aromatic nitrogens is 1. The summed E-state index contributed by atoms with van der Waals surface area (Å²) in [6, 6.07) is 15.8. The van der Waals surface area contributed by atoms with Crippen LogP contribution in [0.5, 0.6) is 5.75 Å². The van der Waals surface area contributed by atoms with Crippen LogP contribution in [-0.4, -0.2) is 38.6 Å². The van der Waals surface area contributed by atoms with Gasteiger partial charge in [-0.05, 0) is 53.5 Å². The van der Waals surface area contributed by atoms with Crippen molar-refractivity contribution in [2.45, 2.75) is 39.0 Å². The third kappa shape index (κ3) is 3.66. The van der Waals surface area contributed by atoms with Crippen molar-refractivity contribution in [3.8, 4) is 5.75 Å². The van der Waals surface area contributed by atoms with Crippen molar-refractivity contribution < 1.29 is 17.9 Å². The molecule has 6 nitrogen and oxygen atoms in total. The predicted molar refractivity (Wildman–Crippen MR) is 133 cm³/mol. The van der Waals surface area contributed by atoms with Crippen molar-refractivity contribution in [2.75, 3.05) is 19.4 Å². The Bertz CT molecular complexity index is 1330. The Kier molecular flexibility index (Phi) is 5.60. The fourth-order valence-corrected chi connectivity index (χ4v) is 8.17. The number of sulfonamides is 1. The van der Waals surface area contributed by atoms with Crippen LogP contribution in [0.3, 0.4) is 0 Å². The molecule has 3 unspecified atom stereocenters. The number of rotatable bonds is 8. The second-order valence-corrected chi connectivity index (χ2v) is 12.2. The smallest absolute Gasteiger partial charge is 0.212 e. The number of ketones is 1. The van der Waals surface area contributed by atoms with Gasteiger partial charge in [0.25, 0.3) is 0 Å². The molecule has 5 rings (SSSR count). The summed E-state index contributed by atoms with van der Waals surface area (Å²) < 4.78 is 34.9. The lowest BCUT2D eigenvalue weighted by Crippen LogP contribution is -2.45. The lowest BCUT2D eigenvalue weighted by molar-refractivity contribution is -0.128. The Labute approximate surface area is 201 Å². The molecule has 2 N–H and O–H groups in total. The van der Waals surface area contributed by atoms with E-state index in [9.17, 15) is 13.2 Å². The molecule has 2 aromatic carbocycles. The molecule has 3 aromatic rings. The average molecular weight is 481 g/mol. The van der Waals surface area contributed by atoms with Crippen LogP contribution >= 0.6 is 0 Å². The van der Waals surface area contributed by atoms with Gasteiger partial charge in [-0.25, -0.2) is 13.1 Å². The molecule has 2 aliphatic carbocycles. The average Bonchev–Trinajstić information content (AvgIpc) is 3.39. The van der Waals surface area contributed by atoms with E-state index in [-0.39, 0.29) is 35.3 Å². The Morgan fingerprint density at radius 1 is 1.15 bits per heavy atom. The molecule has 34 heavy (non-hydrogen) atoms. The Morgan fingerprint density at radius 3 is 2.53 bits per heavy atom. The zero-order chi connectivity index (χ0) is 24.1. The number of ether oxygens (including phenoxy) is 1. The van der Waals surface area contributed by atoms with Crippen LogP contribution in [0.15, 0.2) is 54.7 Å². The summed E-state index contributed by atoms with van der Waals surface area (Å²) >= 11 is 0. The summed E-state index contributed by atoms with van der Waals surface area (Å²) in [4.78, 5) is 16.2. The monoisotopic (exact) mass is 480 g/mol. The number of nitrogens with one attached hydrogen (secondary N) is 2. The number of hydrogen-bond acceptors (Lipinski definition) is 4. The maximum Gasteiger partial charge on any atom is 0.212 e. The summed E-state index contributed by atoms with van der Waals surface area (Å²) in [7, 11) is -2.05. The second kappa shape index (κ2) is 8.24. The molecule has 7 heteroatoms. The molecule has 1 heterocycles. The number of hydrogen-bond donors (Lipinski definition) is 2. The van der Waals surface area contributed by atoms with E-state index in [4.69, 9.17) is 4.74 Å². The largest absolute Gasteiger partial charge is 0.497 e. The Balaban J connectivity index is 1.44. The first kappa shape index (κ1) is 23.1. The third-order valence-corrected chi connectivity index (χ3v) is 10.1. The van der Waals surface area contributed by atoms with Crippen molar-refractivity contribution >= 4 is 26.7 Å². The molecule has 0 radical (unpaired) electrons. The van der Waals surface area contributed by atoms with Gasteiger partial charge in [-0.2, -0.15) is 0 Å². The van der Waals surface area contributed by atoms with E-state index in [1.807, 2.05) is 54.7 Å². The standard InChI is InChI=1S/C27H32N2O4S/c1-26(2)19-12-13-27(26,25(30)14-19)17-34(31,32)29-16-22(18-8-10-20(33-3)11-9-18)23-15-28-24-7-5-4-6-21(23)24/h4-11,15,19,22,28-29H,12-14,16-17H2,1-3H3. The van der Waals surface area contributed by atoms with E-state index < -0.39 is 15.4 Å². The van der Waals surface area contributed by atoms with Crippen molar-refractivity contribution in [1.29, 1.82) is 0 Å². The first-order valence-corrected chi connectivity index (χ1v) is 13.5. The van der Waals surface area contributed by atoms with E-state index >= 15 is 0 Å². The number of Topliss-reactive ketones (excluding diaryl/α,β-unsaturated/α-hetero) is 1. The molecule has 2 fully saturated rings. The van der Waals surface area contributed by atoms with Gasteiger partial charge in [0.2, 0.25) is 10.0 Å². The molecule has 180 valence electrons. The molecule has 0 aliphatic heterocycles. The predicted octanol–water partition coefficient (Wildman–Crippen LogP) is 4.62. The summed E-state index contributed by atoms with van der Waals surface area (Å²) in [6.45, 7) is 4.35. The zero-order valence-corrected chi connectivity index (χ0v) is 20.7. The third-order valence-electron chi connectivity index (χ3n) is 8.60. The van der Waals surface area contributed by atoms with Gasteiger partial charge in [0.05, 0.1) is 12.9 Å². The molecular weight excluding hydrogens is 448 g/mol. The number of carbonyl (C=O) groups excluding carboxylic acids is 1. The van der Waals surface area contributed by atoms with Crippen molar-refractivity contribution in [3.05, 3.63) is 65.9 Å². The summed E-state index contributed by atoms with van der Waals surface area (Å²) in [6.07, 6.45) is 4.05. The van der Waals surface area contributed by atoms with E-state index in [2.05, 4.69) is 23.6 Å². The number of para-hydroxylation sites is 1. The first-order chi connectivity index (χ1) is 16.2. The van der Waals surface area contributed by atoms with Crippen LogP contribution in [-0.2, 0) is 14.8 Å². The van der Waals surface area contributed by atoms with E-state index in [1.54, 1.807) is 7.11 Å². The van der Waals surface area contributed by atoms with Crippen LogP contribution in [0, 0.1) is 16.7 Å². The summed E-state index contributed by atoms with van der Waals surface area (Å²) in [5.74, 6) is 0.818. The van der Waals surface area contributed by atoms with Crippen molar-refractivity contribution in [2.24, 2.45) is 16.7 Å². The van der Waals surface area contributed by atoms with Crippen molar-refractivity contribution in [3.63, 3.8) is 0 Å². The number of benzene rings is 2. The SMILES string of the molecule is COc1ccc(C(CNS(=O)(=O)CC23CCC(CC2=O)C3(C)C)c2c[nH]c3ccccc23)cc1. The van der Waals surface area contributed by atoms with E-state index in [1.165, 1.54) is 0 Å².